The van der Waals surface area contributed by atoms with E-state index < -0.39 is 36.3 Å². The smallest absolute Gasteiger partial charge is 0.392 e. The first-order chi connectivity index (χ1) is 15.7. The number of urea groups is 1. The number of nitrogens with one attached hydrogen (secondary N) is 1. The number of aliphatic hydroxyl groups excluding tert-OH is 1. The number of carbonyl (C=O) groups is 2. The fourth-order valence-corrected chi connectivity index (χ4v) is 4.28. The van der Waals surface area contributed by atoms with Gasteiger partial charge in [-0.25, -0.2) is 4.79 Å². The number of alkyl halides is 3. The lowest BCUT2D eigenvalue weighted by Crippen LogP contribution is -2.53. The minimum atomic E-state index is -4.59. The summed E-state index contributed by atoms with van der Waals surface area (Å²) in [6.45, 7) is -0.206. The van der Waals surface area contributed by atoms with Crippen molar-refractivity contribution in [1.29, 1.82) is 5.26 Å². The Hall–Kier alpha value is -3.84. The van der Waals surface area contributed by atoms with Crippen LogP contribution in [0.25, 0.3) is 0 Å². The SMILES string of the molecule is CN1C(=O)N(c2cccc(C(F)(F)F)c2)C2=C(C(=O)NCC2)[C@@H]1c1ccc(C#N)cc1CO. The van der Waals surface area contributed by atoms with Crippen LogP contribution < -0.4 is 10.2 Å². The zero-order valence-corrected chi connectivity index (χ0v) is 17.5. The number of anilines is 1. The lowest BCUT2D eigenvalue weighted by Gasteiger charge is -2.44. The van der Waals surface area contributed by atoms with Gasteiger partial charge in [0.1, 0.15) is 0 Å². The molecule has 7 nitrogen and oxygen atoms in total. The van der Waals surface area contributed by atoms with Gasteiger partial charge in [-0.15, -0.1) is 0 Å². The van der Waals surface area contributed by atoms with Crippen LogP contribution in [0.15, 0.2) is 53.7 Å². The van der Waals surface area contributed by atoms with Crippen LogP contribution in [-0.2, 0) is 17.6 Å². The monoisotopic (exact) mass is 456 g/mol. The quantitative estimate of drug-likeness (QED) is 0.740. The summed E-state index contributed by atoms with van der Waals surface area (Å²) in [7, 11) is 1.44. The highest BCUT2D eigenvalue weighted by Crippen LogP contribution is 2.43. The summed E-state index contributed by atoms with van der Waals surface area (Å²) in [6, 6.07) is 9.46. The van der Waals surface area contributed by atoms with Crippen molar-refractivity contribution in [3.8, 4) is 6.07 Å². The number of rotatable bonds is 3. The van der Waals surface area contributed by atoms with E-state index in [9.17, 15) is 27.9 Å². The number of nitriles is 1. The zero-order valence-electron chi connectivity index (χ0n) is 17.5. The number of aliphatic hydroxyl groups is 1. The second kappa shape index (κ2) is 8.26. The third-order valence-electron chi connectivity index (χ3n) is 5.80. The molecule has 0 unspecified atom stereocenters. The van der Waals surface area contributed by atoms with E-state index in [1.807, 2.05) is 6.07 Å². The van der Waals surface area contributed by atoms with Crippen LogP contribution in [0.5, 0.6) is 0 Å². The first-order valence-electron chi connectivity index (χ1n) is 10.1. The normalized spacial score (nSPS) is 18.7. The molecule has 0 fully saturated rings. The van der Waals surface area contributed by atoms with E-state index >= 15 is 0 Å². The molecule has 170 valence electrons. The molecule has 2 N–H and O–H groups in total. The molecule has 4 rings (SSSR count). The van der Waals surface area contributed by atoms with Gasteiger partial charge in [-0.2, -0.15) is 18.4 Å². The van der Waals surface area contributed by atoms with Crippen LogP contribution in [0.4, 0.5) is 23.7 Å². The molecule has 0 aliphatic carbocycles. The molecule has 0 aromatic heterocycles. The molecule has 2 aromatic carbocycles. The standard InChI is InChI=1S/C23H19F3N4O3/c1-29-20(17-6-5-13(11-27)9-14(17)12-31)19-18(7-8-28-21(19)32)30(22(29)33)16-4-2-3-15(10-16)23(24,25)26/h2-6,9-10,20,31H,7-8,12H2,1H3,(H,28,32)/t20-/m0/s1. The summed E-state index contributed by atoms with van der Waals surface area (Å²) in [6.07, 6.45) is -4.36. The zero-order chi connectivity index (χ0) is 23.9. The van der Waals surface area contributed by atoms with Gasteiger partial charge >= 0.3 is 12.2 Å². The molecule has 2 aliphatic heterocycles. The highest BCUT2D eigenvalue weighted by atomic mass is 19.4. The Labute approximate surface area is 187 Å². The van der Waals surface area contributed by atoms with Gasteiger partial charge in [0.2, 0.25) is 0 Å². The fourth-order valence-electron chi connectivity index (χ4n) is 4.28. The van der Waals surface area contributed by atoms with E-state index in [2.05, 4.69) is 5.32 Å². The van der Waals surface area contributed by atoms with Crippen LogP contribution in [0, 0.1) is 11.3 Å². The van der Waals surface area contributed by atoms with Gasteiger partial charge < -0.3 is 15.3 Å². The molecule has 1 atom stereocenters. The minimum Gasteiger partial charge on any atom is -0.392 e. The largest absolute Gasteiger partial charge is 0.416 e. The van der Waals surface area contributed by atoms with E-state index in [0.29, 0.717) is 22.4 Å². The Bertz CT molecular complexity index is 1220. The maximum Gasteiger partial charge on any atom is 0.416 e. The molecular formula is C23H19F3N4O3. The molecule has 2 aliphatic rings. The van der Waals surface area contributed by atoms with E-state index in [4.69, 9.17) is 5.26 Å². The van der Waals surface area contributed by atoms with Gasteiger partial charge in [0, 0.05) is 25.7 Å². The predicted octanol–water partition coefficient (Wildman–Crippen LogP) is 3.46. The van der Waals surface area contributed by atoms with Crippen molar-refractivity contribution < 1.29 is 27.9 Å². The second-order valence-electron chi connectivity index (χ2n) is 7.73. The molecule has 33 heavy (non-hydrogen) atoms. The molecule has 0 spiro atoms. The number of hydrogen-bond donors (Lipinski definition) is 2. The summed E-state index contributed by atoms with van der Waals surface area (Å²) >= 11 is 0. The fraction of sp³-hybridized carbons (Fsp3) is 0.261. The number of carbonyl (C=O) groups excluding carboxylic acids is 2. The van der Waals surface area contributed by atoms with Gasteiger partial charge in [-0.1, -0.05) is 12.1 Å². The third-order valence-corrected chi connectivity index (χ3v) is 5.80. The maximum atomic E-state index is 13.4. The molecule has 0 radical (unpaired) electrons. The average molecular weight is 456 g/mol. The molecule has 0 saturated heterocycles. The van der Waals surface area contributed by atoms with Crippen LogP contribution in [0.3, 0.4) is 0 Å². The van der Waals surface area contributed by atoms with Crippen molar-refractivity contribution in [1.82, 2.24) is 10.2 Å². The maximum absolute atomic E-state index is 13.4. The summed E-state index contributed by atoms with van der Waals surface area (Å²) in [5, 5.41) is 21.8. The first-order valence-corrected chi connectivity index (χ1v) is 10.1. The van der Waals surface area contributed by atoms with Gasteiger partial charge in [0.05, 0.1) is 41.1 Å². The molecule has 2 heterocycles. The van der Waals surface area contributed by atoms with Crippen molar-refractivity contribution in [2.75, 3.05) is 18.5 Å². The van der Waals surface area contributed by atoms with Crippen LogP contribution in [0.2, 0.25) is 0 Å². The highest BCUT2D eigenvalue weighted by Gasteiger charge is 2.44. The minimum absolute atomic E-state index is 0.00420. The Kier molecular flexibility index (Phi) is 5.59. The van der Waals surface area contributed by atoms with Crippen LogP contribution in [-0.4, -0.2) is 35.5 Å². The van der Waals surface area contributed by atoms with Crippen molar-refractivity contribution in [3.63, 3.8) is 0 Å². The Morgan fingerprint density at radius 3 is 2.64 bits per heavy atom. The predicted molar refractivity (Wildman–Crippen MR) is 112 cm³/mol. The number of hydrogen-bond acceptors (Lipinski definition) is 4. The third kappa shape index (κ3) is 3.81. The molecular weight excluding hydrogens is 437 g/mol. The molecule has 3 amide bonds. The van der Waals surface area contributed by atoms with Crippen molar-refractivity contribution in [3.05, 3.63) is 76.0 Å². The lowest BCUT2D eigenvalue weighted by molar-refractivity contribution is -0.137. The van der Waals surface area contributed by atoms with Crippen molar-refractivity contribution in [2.45, 2.75) is 25.2 Å². The summed E-state index contributed by atoms with van der Waals surface area (Å²) < 4.78 is 39.9. The molecule has 0 bridgehead atoms. The van der Waals surface area contributed by atoms with Gasteiger partial charge in [0.15, 0.2) is 0 Å². The van der Waals surface area contributed by atoms with Gasteiger partial charge in [-0.05, 0) is 41.5 Å². The van der Waals surface area contributed by atoms with E-state index in [1.165, 1.54) is 36.2 Å². The van der Waals surface area contributed by atoms with Gasteiger partial charge in [0.25, 0.3) is 5.91 Å². The molecule has 2 aromatic rings. The Morgan fingerprint density at radius 2 is 1.97 bits per heavy atom. The summed E-state index contributed by atoms with van der Waals surface area (Å²) in [4.78, 5) is 28.8. The number of amides is 3. The highest BCUT2D eigenvalue weighted by molar-refractivity contribution is 6.05. The number of likely N-dealkylation sites (N-methyl/N-ethyl adjacent to an activating group) is 1. The average Bonchev–Trinajstić information content (AvgIpc) is 2.80. The van der Waals surface area contributed by atoms with Crippen molar-refractivity contribution in [2.24, 2.45) is 0 Å². The molecule has 0 saturated carbocycles. The number of nitrogens with zero attached hydrogens (tertiary/aromatic N) is 3. The summed E-state index contributed by atoms with van der Waals surface area (Å²) in [5.41, 5.74) is 0.747. The van der Waals surface area contributed by atoms with E-state index in [0.717, 1.165) is 17.0 Å². The van der Waals surface area contributed by atoms with Crippen molar-refractivity contribution >= 4 is 17.6 Å². The van der Waals surface area contributed by atoms with Crippen LogP contribution >= 0.6 is 0 Å². The second-order valence-corrected chi connectivity index (χ2v) is 7.73. The van der Waals surface area contributed by atoms with E-state index in [-0.39, 0.29) is 24.2 Å². The van der Waals surface area contributed by atoms with E-state index in [1.54, 1.807) is 6.07 Å². The number of halogens is 3. The Balaban J connectivity index is 1.92. The Morgan fingerprint density at radius 1 is 1.21 bits per heavy atom. The summed E-state index contributed by atoms with van der Waals surface area (Å²) in [5.74, 6) is -0.453. The first kappa shape index (κ1) is 22.4. The van der Waals surface area contributed by atoms with Crippen LogP contribution in [0.1, 0.15) is 34.7 Å². The topological polar surface area (TPSA) is 96.7 Å². The molecule has 10 heteroatoms. The van der Waals surface area contributed by atoms with Gasteiger partial charge in [-0.3, -0.25) is 9.69 Å². The lowest BCUT2D eigenvalue weighted by atomic mass is 9.87. The number of benzene rings is 2.